The third-order valence-electron chi connectivity index (χ3n) is 4.64. The fourth-order valence-electron chi connectivity index (χ4n) is 3.09. The van der Waals surface area contributed by atoms with E-state index in [2.05, 4.69) is 20.7 Å². The Morgan fingerprint density at radius 3 is 2.66 bits per heavy atom. The average molecular weight is 391 g/mol. The molecule has 0 amide bonds. The molecule has 0 aliphatic carbocycles. The number of nitrogens with zero attached hydrogens (tertiary/aromatic N) is 3. The lowest BCUT2D eigenvalue weighted by Gasteiger charge is -2.12. The van der Waals surface area contributed by atoms with Gasteiger partial charge in [-0.05, 0) is 56.2 Å². The number of para-hydroxylation sites is 1. The second kappa shape index (κ2) is 7.31. The number of rotatable bonds is 5. The normalized spacial score (nSPS) is 10.9. The molecule has 4 aromatic rings. The first kappa shape index (κ1) is 18.5. The summed E-state index contributed by atoms with van der Waals surface area (Å²) in [5.41, 5.74) is 7.74. The van der Waals surface area contributed by atoms with E-state index in [4.69, 9.17) is 9.15 Å². The zero-order valence-corrected chi connectivity index (χ0v) is 16.6. The van der Waals surface area contributed by atoms with Gasteiger partial charge in [0.15, 0.2) is 11.4 Å². The van der Waals surface area contributed by atoms with E-state index in [1.165, 1.54) is 4.68 Å². The van der Waals surface area contributed by atoms with E-state index < -0.39 is 5.76 Å². The molecule has 0 spiro atoms. The summed E-state index contributed by atoms with van der Waals surface area (Å²) in [7, 11) is 1.64. The first-order valence-corrected chi connectivity index (χ1v) is 9.10. The lowest BCUT2D eigenvalue weighted by atomic mass is 10.2. The van der Waals surface area contributed by atoms with Crippen LogP contribution in [0.15, 0.2) is 51.8 Å². The van der Waals surface area contributed by atoms with Crippen molar-refractivity contribution < 1.29 is 9.15 Å². The molecule has 0 atom stereocenters. The Kier molecular flexibility index (Phi) is 4.67. The summed E-state index contributed by atoms with van der Waals surface area (Å²) in [5, 5.41) is 3.18. The van der Waals surface area contributed by atoms with Crippen LogP contribution < -0.4 is 21.2 Å². The van der Waals surface area contributed by atoms with E-state index in [-0.39, 0.29) is 0 Å². The molecule has 2 aromatic heterocycles. The Bertz CT molecular complexity index is 1260. The van der Waals surface area contributed by atoms with Gasteiger partial charge in [0, 0.05) is 17.4 Å². The number of ether oxygens (including phenoxy) is 1. The zero-order valence-electron chi connectivity index (χ0n) is 16.6. The summed E-state index contributed by atoms with van der Waals surface area (Å²) >= 11 is 0. The summed E-state index contributed by atoms with van der Waals surface area (Å²) in [6, 6.07) is 11.3. The van der Waals surface area contributed by atoms with Crippen LogP contribution in [-0.4, -0.2) is 21.8 Å². The zero-order chi connectivity index (χ0) is 20.5. The predicted molar refractivity (Wildman–Crippen MR) is 112 cm³/mol. The molecule has 2 heterocycles. The van der Waals surface area contributed by atoms with Crippen LogP contribution in [0, 0.1) is 20.8 Å². The Morgan fingerprint density at radius 1 is 1.07 bits per heavy atom. The van der Waals surface area contributed by atoms with Gasteiger partial charge in [-0.2, -0.15) is 9.66 Å². The fraction of sp³-hybridized carbons (Fsp3) is 0.190. The van der Waals surface area contributed by atoms with E-state index in [0.29, 0.717) is 22.9 Å². The number of aromatic nitrogens is 3. The van der Waals surface area contributed by atoms with Gasteiger partial charge in [0.25, 0.3) is 0 Å². The molecular formula is C21H21N5O3. The van der Waals surface area contributed by atoms with Crippen molar-refractivity contribution in [2.75, 3.05) is 17.9 Å². The van der Waals surface area contributed by atoms with Crippen molar-refractivity contribution >= 4 is 28.6 Å². The number of anilines is 3. The minimum atomic E-state index is -0.507. The number of benzene rings is 2. The molecule has 0 saturated heterocycles. The van der Waals surface area contributed by atoms with Gasteiger partial charge in [0.2, 0.25) is 5.95 Å². The molecule has 8 nitrogen and oxygen atoms in total. The van der Waals surface area contributed by atoms with Crippen molar-refractivity contribution in [2.45, 2.75) is 20.8 Å². The van der Waals surface area contributed by atoms with Crippen LogP contribution in [0.2, 0.25) is 0 Å². The molecule has 0 saturated carbocycles. The van der Waals surface area contributed by atoms with Crippen molar-refractivity contribution in [1.29, 1.82) is 0 Å². The second-order valence-electron chi connectivity index (χ2n) is 6.77. The van der Waals surface area contributed by atoms with Crippen LogP contribution in [0.4, 0.5) is 17.5 Å². The molecule has 0 aliphatic heterocycles. The van der Waals surface area contributed by atoms with Crippen LogP contribution in [0.5, 0.6) is 5.75 Å². The van der Waals surface area contributed by atoms with E-state index in [0.717, 1.165) is 28.1 Å². The van der Waals surface area contributed by atoms with Crippen LogP contribution >= 0.6 is 0 Å². The highest BCUT2D eigenvalue weighted by Gasteiger charge is 2.13. The van der Waals surface area contributed by atoms with E-state index >= 15 is 0 Å². The van der Waals surface area contributed by atoms with Gasteiger partial charge >= 0.3 is 5.76 Å². The summed E-state index contributed by atoms with van der Waals surface area (Å²) in [6.07, 6.45) is 1.69. The maximum absolute atomic E-state index is 12.3. The molecule has 0 aliphatic rings. The molecule has 0 fully saturated rings. The largest absolute Gasteiger partial charge is 0.496 e. The van der Waals surface area contributed by atoms with Crippen molar-refractivity contribution in [2.24, 2.45) is 0 Å². The summed E-state index contributed by atoms with van der Waals surface area (Å²) in [4.78, 5) is 21.2. The highest BCUT2D eigenvalue weighted by Crippen LogP contribution is 2.24. The molecule has 0 radical (unpaired) electrons. The van der Waals surface area contributed by atoms with Gasteiger partial charge in [-0.3, -0.25) is 5.43 Å². The van der Waals surface area contributed by atoms with E-state index in [1.807, 2.05) is 57.2 Å². The maximum Gasteiger partial charge on any atom is 0.439 e. The van der Waals surface area contributed by atoms with Crippen LogP contribution in [-0.2, 0) is 0 Å². The Balaban J connectivity index is 1.66. The molecule has 0 bridgehead atoms. The number of hydrogen-bond donors (Lipinski definition) is 2. The average Bonchev–Trinajstić information content (AvgIpc) is 3.01. The highest BCUT2D eigenvalue weighted by molar-refractivity contribution is 5.77. The van der Waals surface area contributed by atoms with Crippen LogP contribution in [0.3, 0.4) is 0 Å². The van der Waals surface area contributed by atoms with Crippen molar-refractivity contribution in [1.82, 2.24) is 14.6 Å². The van der Waals surface area contributed by atoms with E-state index in [1.54, 1.807) is 13.3 Å². The lowest BCUT2D eigenvalue weighted by molar-refractivity contribution is 0.412. The van der Waals surface area contributed by atoms with Crippen molar-refractivity contribution in [3.05, 3.63) is 69.8 Å². The topological polar surface area (TPSA) is 94.2 Å². The monoisotopic (exact) mass is 391 g/mol. The first-order chi connectivity index (χ1) is 14.0. The number of methoxy groups -OCH3 is 1. The second-order valence-corrected chi connectivity index (χ2v) is 6.77. The minimum Gasteiger partial charge on any atom is -0.496 e. The van der Waals surface area contributed by atoms with Gasteiger partial charge in [-0.15, -0.1) is 0 Å². The summed E-state index contributed by atoms with van der Waals surface area (Å²) < 4.78 is 12.0. The molecule has 8 heteroatoms. The maximum atomic E-state index is 12.3. The van der Waals surface area contributed by atoms with Gasteiger partial charge in [-0.1, -0.05) is 12.1 Å². The lowest BCUT2D eigenvalue weighted by Crippen LogP contribution is -2.23. The first-order valence-electron chi connectivity index (χ1n) is 9.10. The number of hydrogen-bond acceptors (Lipinski definition) is 7. The smallest absolute Gasteiger partial charge is 0.439 e. The highest BCUT2D eigenvalue weighted by atomic mass is 16.5. The minimum absolute atomic E-state index is 0.402. The third-order valence-corrected chi connectivity index (χ3v) is 4.64. The van der Waals surface area contributed by atoms with Gasteiger partial charge < -0.3 is 14.5 Å². The SMILES string of the molecule is COc1ccc(Nc2ncc(C)c(Nn3c(=O)oc4c(C)cccc43)n2)cc1C. The molecular weight excluding hydrogens is 370 g/mol. The Labute approximate surface area is 167 Å². The molecule has 29 heavy (non-hydrogen) atoms. The number of oxazole rings is 1. The van der Waals surface area contributed by atoms with Gasteiger partial charge in [0.1, 0.15) is 11.3 Å². The van der Waals surface area contributed by atoms with Crippen LogP contribution in [0.25, 0.3) is 11.1 Å². The number of aryl methyl sites for hydroxylation is 3. The van der Waals surface area contributed by atoms with Crippen molar-refractivity contribution in [3.63, 3.8) is 0 Å². The molecule has 2 N–H and O–H groups in total. The third kappa shape index (κ3) is 3.52. The standard InChI is InChI=1S/C21H21N5O3/c1-12-6-5-7-16-18(12)29-21(27)26(16)25-19-14(3)11-22-20(24-19)23-15-8-9-17(28-4)13(2)10-15/h5-11H,1-4H3,(H2,22,23,24,25). The number of nitrogens with one attached hydrogen (secondary N) is 2. The summed E-state index contributed by atoms with van der Waals surface area (Å²) in [5.74, 6) is 1.20. The molecule has 148 valence electrons. The Morgan fingerprint density at radius 2 is 1.90 bits per heavy atom. The quantitative estimate of drug-likeness (QED) is 0.532. The van der Waals surface area contributed by atoms with Crippen LogP contribution in [0.1, 0.15) is 16.7 Å². The molecule has 4 rings (SSSR count). The Hall–Kier alpha value is -3.81. The fourth-order valence-corrected chi connectivity index (χ4v) is 3.09. The predicted octanol–water partition coefficient (Wildman–Crippen LogP) is 3.94. The van der Waals surface area contributed by atoms with Crippen molar-refractivity contribution in [3.8, 4) is 5.75 Å². The number of fused-ring (bicyclic) bond motifs is 1. The van der Waals surface area contributed by atoms with Gasteiger partial charge in [0.05, 0.1) is 7.11 Å². The molecule has 2 aromatic carbocycles. The molecule has 0 unspecified atom stereocenters. The summed E-state index contributed by atoms with van der Waals surface area (Å²) in [6.45, 7) is 5.72. The van der Waals surface area contributed by atoms with Gasteiger partial charge in [-0.25, -0.2) is 9.78 Å². The van der Waals surface area contributed by atoms with E-state index in [9.17, 15) is 4.79 Å².